The maximum Gasteiger partial charge on any atom is 0.251 e. The molecule has 2 aliphatic rings. The molecule has 1 amide bonds. The summed E-state index contributed by atoms with van der Waals surface area (Å²) in [5, 5.41) is 3.19. The molecule has 7 nitrogen and oxygen atoms in total. The molecule has 0 spiro atoms. The molecule has 1 unspecified atom stereocenters. The van der Waals surface area contributed by atoms with E-state index < -0.39 is 10.0 Å². The van der Waals surface area contributed by atoms with Crippen LogP contribution >= 0.6 is 0 Å². The smallest absolute Gasteiger partial charge is 0.251 e. The largest absolute Gasteiger partial charge is 0.344 e. The number of sulfonamides is 1. The zero-order chi connectivity index (χ0) is 24.8. The molecule has 2 fully saturated rings. The molecule has 1 N–H and O–H groups in total. The molecule has 0 radical (unpaired) electrons. The Morgan fingerprint density at radius 2 is 1.60 bits per heavy atom. The van der Waals surface area contributed by atoms with Gasteiger partial charge < -0.3 is 10.2 Å². The molecule has 8 heteroatoms. The third-order valence-electron chi connectivity index (χ3n) is 7.43. The number of nitrogens with one attached hydrogen (secondary N) is 1. The van der Waals surface area contributed by atoms with Crippen LogP contribution in [0.5, 0.6) is 0 Å². The first-order valence-corrected chi connectivity index (χ1v) is 14.1. The van der Waals surface area contributed by atoms with Crippen LogP contribution in [0.1, 0.15) is 54.1 Å². The van der Waals surface area contributed by atoms with Gasteiger partial charge in [-0.05, 0) is 49.7 Å². The highest BCUT2D eigenvalue weighted by molar-refractivity contribution is 7.89. The van der Waals surface area contributed by atoms with Gasteiger partial charge >= 0.3 is 0 Å². The predicted octanol–water partition coefficient (Wildman–Crippen LogP) is 3.36. The fourth-order valence-electron chi connectivity index (χ4n) is 5.04. The van der Waals surface area contributed by atoms with E-state index in [4.69, 9.17) is 0 Å². The lowest BCUT2D eigenvalue weighted by atomic mass is 9.96. The lowest BCUT2D eigenvalue weighted by molar-refractivity contribution is 0.0907. The lowest BCUT2D eigenvalue weighted by Gasteiger charge is -2.35. The van der Waals surface area contributed by atoms with Gasteiger partial charge in [-0.15, -0.1) is 0 Å². The molecule has 1 heterocycles. The van der Waals surface area contributed by atoms with E-state index in [0.717, 1.165) is 64.0 Å². The molecule has 4 rings (SSSR count). The minimum Gasteiger partial charge on any atom is -0.344 e. The van der Waals surface area contributed by atoms with E-state index in [1.807, 2.05) is 30.3 Å². The van der Waals surface area contributed by atoms with E-state index in [1.54, 1.807) is 31.3 Å². The van der Waals surface area contributed by atoms with Crippen LogP contribution in [0.25, 0.3) is 0 Å². The van der Waals surface area contributed by atoms with Gasteiger partial charge in [-0.2, -0.15) is 4.31 Å². The monoisotopic (exact) mass is 498 g/mol. The van der Waals surface area contributed by atoms with Gasteiger partial charge in [-0.1, -0.05) is 49.6 Å². The van der Waals surface area contributed by atoms with Crippen molar-refractivity contribution in [3.63, 3.8) is 0 Å². The van der Waals surface area contributed by atoms with Crippen molar-refractivity contribution >= 4 is 15.9 Å². The Bertz CT molecular complexity index is 1060. The van der Waals surface area contributed by atoms with E-state index >= 15 is 0 Å². The molecule has 2 aromatic carbocycles. The summed E-state index contributed by atoms with van der Waals surface area (Å²) >= 11 is 0. The fraction of sp³-hybridized carbons (Fsp3) is 0.519. The van der Waals surface area contributed by atoms with Crippen LogP contribution in [0.3, 0.4) is 0 Å². The second-order valence-electron chi connectivity index (χ2n) is 9.88. The molecule has 1 saturated heterocycles. The molecule has 0 bridgehead atoms. The van der Waals surface area contributed by atoms with Crippen molar-refractivity contribution in [3.05, 3.63) is 65.7 Å². The van der Waals surface area contributed by atoms with E-state index in [1.165, 1.54) is 10.7 Å². The molecule has 1 saturated carbocycles. The molecule has 1 aliphatic heterocycles. The highest BCUT2D eigenvalue weighted by Gasteiger charge is 2.29. The topological polar surface area (TPSA) is 73.0 Å². The van der Waals surface area contributed by atoms with Crippen LogP contribution in [0, 0.1) is 0 Å². The van der Waals surface area contributed by atoms with Crippen LogP contribution in [-0.4, -0.2) is 81.3 Å². The van der Waals surface area contributed by atoms with Crippen molar-refractivity contribution < 1.29 is 13.2 Å². The normalized spacial score (nSPS) is 19.5. The maximum atomic E-state index is 13.2. The number of carbonyl (C=O) groups is 1. The van der Waals surface area contributed by atoms with E-state index in [9.17, 15) is 13.2 Å². The number of carbonyl (C=O) groups excluding carboxylic acids is 1. The molecular weight excluding hydrogens is 460 g/mol. The first-order valence-electron chi connectivity index (χ1n) is 12.7. The minimum absolute atomic E-state index is 0.0536. The predicted molar refractivity (Wildman–Crippen MR) is 139 cm³/mol. The summed E-state index contributed by atoms with van der Waals surface area (Å²) in [6.07, 6.45) is 5.13. The number of likely N-dealkylation sites (N-methyl/N-ethyl adjacent to an activating group) is 1. The number of piperazine rings is 1. The SMILES string of the molecule is CN1CCN(CC(NC(=O)c2ccc(S(=O)(=O)N(C)C3CCCCC3)cc2)c2ccccc2)CC1. The molecule has 35 heavy (non-hydrogen) atoms. The van der Waals surface area contributed by atoms with Gasteiger partial charge in [0.05, 0.1) is 10.9 Å². The zero-order valence-corrected chi connectivity index (χ0v) is 21.7. The first kappa shape index (κ1) is 25.8. The van der Waals surface area contributed by atoms with Gasteiger partial charge in [0.1, 0.15) is 0 Å². The Morgan fingerprint density at radius 3 is 2.23 bits per heavy atom. The Balaban J connectivity index is 1.45. The average Bonchev–Trinajstić information content (AvgIpc) is 2.90. The van der Waals surface area contributed by atoms with Crippen molar-refractivity contribution in [1.82, 2.24) is 19.4 Å². The Labute approximate surface area is 210 Å². The van der Waals surface area contributed by atoms with Crippen molar-refractivity contribution in [1.29, 1.82) is 0 Å². The van der Waals surface area contributed by atoms with Gasteiger partial charge in [0.2, 0.25) is 10.0 Å². The van der Waals surface area contributed by atoms with E-state index in [0.29, 0.717) is 5.56 Å². The van der Waals surface area contributed by atoms with Gasteiger partial charge in [-0.25, -0.2) is 8.42 Å². The second kappa shape index (κ2) is 11.6. The Kier molecular flexibility index (Phi) is 8.59. The summed E-state index contributed by atoms with van der Waals surface area (Å²) in [6.45, 7) is 4.71. The summed E-state index contributed by atoms with van der Waals surface area (Å²) in [4.78, 5) is 18.1. The number of hydrogen-bond acceptors (Lipinski definition) is 5. The number of benzene rings is 2. The molecular formula is C27H38N4O3S. The Hall–Kier alpha value is -2.26. The van der Waals surface area contributed by atoms with Crippen LogP contribution in [-0.2, 0) is 10.0 Å². The Morgan fingerprint density at radius 1 is 0.971 bits per heavy atom. The third kappa shape index (κ3) is 6.50. The van der Waals surface area contributed by atoms with Crippen molar-refractivity contribution in [2.24, 2.45) is 0 Å². The highest BCUT2D eigenvalue weighted by atomic mass is 32.2. The fourth-order valence-corrected chi connectivity index (χ4v) is 6.45. The molecule has 1 aliphatic carbocycles. The number of hydrogen-bond donors (Lipinski definition) is 1. The molecule has 1 atom stereocenters. The maximum absolute atomic E-state index is 13.2. The van der Waals surface area contributed by atoms with Crippen molar-refractivity contribution in [3.8, 4) is 0 Å². The van der Waals surface area contributed by atoms with Crippen LogP contribution in [0.4, 0.5) is 0 Å². The number of nitrogens with zero attached hydrogens (tertiary/aromatic N) is 3. The summed E-state index contributed by atoms with van der Waals surface area (Å²) in [5.41, 5.74) is 1.52. The van der Waals surface area contributed by atoms with Crippen LogP contribution in [0.2, 0.25) is 0 Å². The van der Waals surface area contributed by atoms with Crippen LogP contribution < -0.4 is 5.32 Å². The second-order valence-corrected chi connectivity index (χ2v) is 11.9. The molecule has 2 aromatic rings. The van der Waals surface area contributed by atoms with Crippen LogP contribution in [0.15, 0.2) is 59.5 Å². The summed E-state index contributed by atoms with van der Waals surface area (Å²) in [6, 6.07) is 16.3. The van der Waals surface area contributed by atoms with Gasteiger partial charge in [0, 0.05) is 51.4 Å². The standard InChI is InChI=1S/C27H38N4O3S/c1-29-17-19-31(20-18-29)21-26(22-9-5-3-6-10-22)28-27(32)23-13-15-25(16-14-23)35(33,34)30(2)24-11-7-4-8-12-24/h3,5-6,9-10,13-16,24,26H,4,7-8,11-12,17-21H2,1-2H3,(H,28,32). The first-order chi connectivity index (χ1) is 16.8. The molecule has 190 valence electrons. The van der Waals surface area contributed by atoms with Crippen molar-refractivity contribution in [2.75, 3.05) is 46.8 Å². The van der Waals surface area contributed by atoms with E-state index in [-0.39, 0.29) is 22.9 Å². The van der Waals surface area contributed by atoms with Gasteiger partial charge in [0.25, 0.3) is 5.91 Å². The molecule has 0 aromatic heterocycles. The zero-order valence-electron chi connectivity index (χ0n) is 20.9. The minimum atomic E-state index is -3.58. The quantitative estimate of drug-likeness (QED) is 0.604. The van der Waals surface area contributed by atoms with Gasteiger partial charge in [0.15, 0.2) is 0 Å². The van der Waals surface area contributed by atoms with E-state index in [2.05, 4.69) is 22.2 Å². The lowest BCUT2D eigenvalue weighted by Crippen LogP contribution is -2.47. The average molecular weight is 499 g/mol. The number of amides is 1. The summed E-state index contributed by atoms with van der Waals surface area (Å²) < 4.78 is 27.8. The van der Waals surface area contributed by atoms with Crippen molar-refractivity contribution in [2.45, 2.75) is 49.1 Å². The summed E-state index contributed by atoms with van der Waals surface area (Å²) in [7, 11) is 0.225. The summed E-state index contributed by atoms with van der Waals surface area (Å²) in [5.74, 6) is -0.197. The van der Waals surface area contributed by atoms with Gasteiger partial charge in [-0.3, -0.25) is 9.69 Å². The highest BCUT2D eigenvalue weighted by Crippen LogP contribution is 2.26. The third-order valence-corrected chi connectivity index (χ3v) is 9.35. The number of rotatable bonds is 8.